The average Bonchev–Trinajstić information content (AvgIpc) is 3.52. The second-order valence-corrected chi connectivity index (χ2v) is 13.3. The molecule has 0 aliphatic heterocycles. The Morgan fingerprint density at radius 1 is 0.373 bits per heavy atom. The van der Waals surface area contributed by atoms with Crippen molar-refractivity contribution < 1.29 is 0 Å². The molecule has 0 amide bonds. The predicted molar refractivity (Wildman–Crippen MR) is 214 cm³/mol. The first-order valence-corrected chi connectivity index (χ1v) is 17.7. The van der Waals surface area contributed by atoms with Crippen LogP contribution in [0.1, 0.15) is 27.8 Å². The highest BCUT2D eigenvalue weighted by molar-refractivity contribution is 5.98. The molecule has 9 rings (SSSR count). The zero-order valence-electron chi connectivity index (χ0n) is 28.6. The zero-order valence-corrected chi connectivity index (χ0v) is 28.6. The number of hydrogen-bond donors (Lipinski definition) is 0. The molecule has 8 aromatic rings. The van der Waals surface area contributed by atoms with Crippen molar-refractivity contribution in [3.8, 4) is 33.4 Å². The third-order valence-electron chi connectivity index (χ3n) is 10.5. The van der Waals surface area contributed by atoms with E-state index >= 15 is 0 Å². The summed E-state index contributed by atoms with van der Waals surface area (Å²) in [5.41, 5.74) is 16.7. The monoisotopic (exact) mass is 651 g/mol. The molecule has 0 radical (unpaired) electrons. The summed E-state index contributed by atoms with van der Waals surface area (Å²) in [4.78, 5) is 2.47. The summed E-state index contributed by atoms with van der Waals surface area (Å²) in [5, 5.41) is 0. The van der Waals surface area contributed by atoms with Crippen LogP contribution in [0.15, 0.2) is 206 Å². The van der Waals surface area contributed by atoms with Crippen LogP contribution in [0.25, 0.3) is 33.4 Å². The third-order valence-corrected chi connectivity index (χ3v) is 10.5. The Morgan fingerprint density at radius 2 is 0.863 bits per heavy atom. The van der Waals surface area contributed by atoms with Gasteiger partial charge < -0.3 is 4.90 Å². The number of nitrogens with zero attached hydrogens (tertiary/aromatic N) is 1. The van der Waals surface area contributed by atoms with Gasteiger partial charge in [0.05, 0.1) is 11.1 Å². The SMILES string of the molecule is Cc1cc(-c2ccccc2)ccc1N(c1ccc(-c2ccccc2)cc1)c1cccc2c1-c1ccccc1C2(c1ccccc1)c1ccccc1. The second-order valence-electron chi connectivity index (χ2n) is 13.3. The first-order chi connectivity index (χ1) is 25.2. The maximum Gasteiger partial charge on any atom is 0.0714 e. The Bertz CT molecular complexity index is 2410. The molecular formula is C50H37N. The molecule has 0 fully saturated rings. The molecule has 0 aromatic heterocycles. The van der Waals surface area contributed by atoms with Gasteiger partial charge in [-0.15, -0.1) is 0 Å². The highest BCUT2D eigenvalue weighted by Crippen LogP contribution is 2.59. The van der Waals surface area contributed by atoms with Gasteiger partial charge in [0.1, 0.15) is 0 Å². The fraction of sp³-hybridized carbons (Fsp3) is 0.0400. The normalized spacial score (nSPS) is 12.6. The Kier molecular flexibility index (Phi) is 7.67. The van der Waals surface area contributed by atoms with Gasteiger partial charge in [0.2, 0.25) is 0 Å². The molecule has 0 N–H and O–H groups in total. The fourth-order valence-electron chi connectivity index (χ4n) is 8.22. The van der Waals surface area contributed by atoms with Crippen molar-refractivity contribution in [2.75, 3.05) is 4.90 Å². The lowest BCUT2D eigenvalue weighted by molar-refractivity contribution is 0.768. The molecule has 0 saturated heterocycles. The highest BCUT2D eigenvalue weighted by Gasteiger charge is 2.47. The molecule has 0 saturated carbocycles. The molecule has 8 aromatic carbocycles. The van der Waals surface area contributed by atoms with Gasteiger partial charge in [-0.3, -0.25) is 0 Å². The Labute approximate surface area is 300 Å². The largest absolute Gasteiger partial charge is 0.310 e. The van der Waals surface area contributed by atoms with Crippen molar-refractivity contribution >= 4 is 17.1 Å². The van der Waals surface area contributed by atoms with E-state index in [1.165, 1.54) is 61.2 Å². The predicted octanol–water partition coefficient (Wildman–Crippen LogP) is 13.2. The van der Waals surface area contributed by atoms with Crippen LogP contribution < -0.4 is 4.90 Å². The average molecular weight is 652 g/mol. The lowest BCUT2D eigenvalue weighted by Gasteiger charge is -2.34. The van der Waals surface area contributed by atoms with Crippen LogP contribution in [-0.2, 0) is 5.41 Å². The standard InChI is InChI=1S/C50H37N/c1-36-35-40(38-19-8-3-9-20-38)31-34-47(36)51(43-32-29-39(30-33-43)37-17-6-2-7-18-37)48-28-16-27-46-49(48)44-25-14-15-26-45(44)50(46,41-21-10-4-11-22-41)42-23-12-5-13-24-42/h2-35H,1H3. The van der Waals surface area contributed by atoms with Crippen LogP contribution in [0.4, 0.5) is 17.1 Å². The Balaban J connectivity index is 1.31. The van der Waals surface area contributed by atoms with E-state index in [1.54, 1.807) is 0 Å². The molecule has 1 heteroatoms. The third kappa shape index (κ3) is 5.09. The molecule has 51 heavy (non-hydrogen) atoms. The second kappa shape index (κ2) is 12.8. The first kappa shape index (κ1) is 30.6. The van der Waals surface area contributed by atoms with E-state index in [1.807, 2.05) is 0 Å². The van der Waals surface area contributed by atoms with Crippen LogP contribution in [0, 0.1) is 6.92 Å². The molecular weight excluding hydrogens is 615 g/mol. The summed E-state index contributed by atoms with van der Waals surface area (Å²) in [6, 6.07) is 75.2. The van der Waals surface area contributed by atoms with Crippen LogP contribution in [-0.4, -0.2) is 0 Å². The number of hydrogen-bond acceptors (Lipinski definition) is 1. The van der Waals surface area contributed by atoms with E-state index < -0.39 is 5.41 Å². The molecule has 1 aliphatic rings. The molecule has 1 nitrogen and oxygen atoms in total. The van der Waals surface area contributed by atoms with Crippen LogP contribution in [0.5, 0.6) is 0 Å². The molecule has 0 spiro atoms. The number of aryl methyl sites for hydroxylation is 1. The fourth-order valence-corrected chi connectivity index (χ4v) is 8.22. The Hall–Kier alpha value is -6.44. The van der Waals surface area contributed by atoms with E-state index in [2.05, 4.69) is 218 Å². The van der Waals surface area contributed by atoms with E-state index in [0.29, 0.717) is 0 Å². The first-order valence-electron chi connectivity index (χ1n) is 17.7. The highest BCUT2D eigenvalue weighted by atomic mass is 15.1. The van der Waals surface area contributed by atoms with Crippen LogP contribution >= 0.6 is 0 Å². The van der Waals surface area contributed by atoms with E-state index in [-0.39, 0.29) is 0 Å². The summed E-state index contributed by atoms with van der Waals surface area (Å²) in [5.74, 6) is 0. The summed E-state index contributed by atoms with van der Waals surface area (Å²) in [6.07, 6.45) is 0. The van der Waals surface area contributed by atoms with Crippen molar-refractivity contribution in [3.05, 3.63) is 234 Å². The summed E-state index contributed by atoms with van der Waals surface area (Å²) in [6.45, 7) is 2.24. The molecule has 0 atom stereocenters. The van der Waals surface area contributed by atoms with Crippen LogP contribution in [0.3, 0.4) is 0 Å². The van der Waals surface area contributed by atoms with Gasteiger partial charge in [0, 0.05) is 16.9 Å². The molecule has 1 aliphatic carbocycles. The van der Waals surface area contributed by atoms with Crippen molar-refractivity contribution in [1.82, 2.24) is 0 Å². The summed E-state index contributed by atoms with van der Waals surface area (Å²) in [7, 11) is 0. The summed E-state index contributed by atoms with van der Waals surface area (Å²) >= 11 is 0. The molecule has 0 bridgehead atoms. The van der Waals surface area contributed by atoms with Crippen molar-refractivity contribution in [2.24, 2.45) is 0 Å². The van der Waals surface area contributed by atoms with Gasteiger partial charge >= 0.3 is 0 Å². The summed E-state index contributed by atoms with van der Waals surface area (Å²) < 4.78 is 0. The smallest absolute Gasteiger partial charge is 0.0714 e. The number of rotatable bonds is 7. The van der Waals surface area contributed by atoms with Gasteiger partial charge in [0.15, 0.2) is 0 Å². The van der Waals surface area contributed by atoms with Gasteiger partial charge in [-0.25, -0.2) is 0 Å². The number of fused-ring (bicyclic) bond motifs is 3. The lowest BCUT2D eigenvalue weighted by Crippen LogP contribution is -2.28. The van der Waals surface area contributed by atoms with Crippen molar-refractivity contribution in [1.29, 1.82) is 0 Å². The maximum atomic E-state index is 2.47. The molecule has 0 unspecified atom stereocenters. The van der Waals surface area contributed by atoms with E-state index in [9.17, 15) is 0 Å². The lowest BCUT2D eigenvalue weighted by atomic mass is 9.68. The maximum absolute atomic E-state index is 2.47. The molecule has 242 valence electrons. The van der Waals surface area contributed by atoms with E-state index in [4.69, 9.17) is 0 Å². The number of benzene rings is 8. The van der Waals surface area contributed by atoms with Gasteiger partial charge in [-0.1, -0.05) is 176 Å². The quantitative estimate of drug-likeness (QED) is 0.166. The van der Waals surface area contributed by atoms with Gasteiger partial charge in [-0.05, 0) is 92.9 Å². The topological polar surface area (TPSA) is 3.24 Å². The minimum Gasteiger partial charge on any atom is -0.310 e. The molecule has 0 heterocycles. The van der Waals surface area contributed by atoms with Gasteiger partial charge in [0.25, 0.3) is 0 Å². The van der Waals surface area contributed by atoms with Crippen LogP contribution in [0.2, 0.25) is 0 Å². The minimum absolute atomic E-state index is 0.473. The van der Waals surface area contributed by atoms with E-state index in [0.717, 1.165) is 17.1 Å². The Morgan fingerprint density at radius 3 is 1.47 bits per heavy atom. The van der Waals surface area contributed by atoms with Crippen molar-refractivity contribution in [2.45, 2.75) is 12.3 Å². The zero-order chi connectivity index (χ0) is 34.2. The minimum atomic E-state index is -0.473. The van der Waals surface area contributed by atoms with Gasteiger partial charge in [-0.2, -0.15) is 0 Å². The number of anilines is 3. The van der Waals surface area contributed by atoms with Crippen molar-refractivity contribution in [3.63, 3.8) is 0 Å².